The summed E-state index contributed by atoms with van der Waals surface area (Å²) in [5, 5.41) is 19.5. The van der Waals surface area contributed by atoms with E-state index in [1.807, 2.05) is 0 Å². The minimum Gasteiger partial charge on any atom is -0.478 e. The Bertz CT molecular complexity index is 610. The number of carboxylic acids is 1. The molecule has 0 unspecified atom stereocenters. The van der Waals surface area contributed by atoms with Gasteiger partial charge in [-0.3, -0.25) is 14.8 Å². The molecule has 8 nitrogen and oxygen atoms in total. The highest BCUT2D eigenvalue weighted by molar-refractivity contribution is 7.92. The highest BCUT2D eigenvalue weighted by Gasteiger charge is 2.19. The second kappa shape index (κ2) is 5.65. The first-order valence-electron chi connectivity index (χ1n) is 5.29. The lowest BCUT2D eigenvalue weighted by Gasteiger charge is -2.09. The van der Waals surface area contributed by atoms with E-state index in [2.05, 4.69) is 4.72 Å². The third-order valence-electron chi connectivity index (χ3n) is 2.18. The first kappa shape index (κ1) is 14.9. The summed E-state index contributed by atoms with van der Waals surface area (Å²) >= 11 is 0. The van der Waals surface area contributed by atoms with E-state index >= 15 is 0 Å². The number of carboxylic acid groups (broad SMARTS) is 1. The van der Waals surface area contributed by atoms with E-state index in [1.165, 1.54) is 0 Å². The van der Waals surface area contributed by atoms with Gasteiger partial charge < -0.3 is 5.11 Å². The lowest BCUT2D eigenvalue weighted by Crippen LogP contribution is -2.18. The van der Waals surface area contributed by atoms with E-state index in [0.717, 1.165) is 18.2 Å². The molecule has 0 saturated carbocycles. The summed E-state index contributed by atoms with van der Waals surface area (Å²) in [4.78, 5) is 20.8. The standard InChI is InChI=1S/C10H12N2O6S/c1-2-5-19(17,18)11-9-4-3-7(12(15)16)6-8(9)10(13)14/h3-4,6,11H,2,5H2,1H3,(H,13,14). The molecule has 0 aliphatic carbocycles. The van der Waals surface area contributed by atoms with E-state index in [9.17, 15) is 23.3 Å². The summed E-state index contributed by atoms with van der Waals surface area (Å²) in [6, 6.07) is 2.91. The average molecular weight is 288 g/mol. The number of rotatable bonds is 6. The number of anilines is 1. The summed E-state index contributed by atoms with van der Waals surface area (Å²) in [5.74, 6) is -1.61. The Morgan fingerprint density at radius 2 is 2.11 bits per heavy atom. The van der Waals surface area contributed by atoms with Crippen LogP contribution in [0.5, 0.6) is 0 Å². The quantitative estimate of drug-likeness (QED) is 0.602. The number of sulfonamides is 1. The van der Waals surface area contributed by atoms with Crippen molar-refractivity contribution in [3.05, 3.63) is 33.9 Å². The van der Waals surface area contributed by atoms with Crippen LogP contribution in [0.25, 0.3) is 0 Å². The first-order chi connectivity index (χ1) is 8.76. The molecule has 19 heavy (non-hydrogen) atoms. The lowest BCUT2D eigenvalue weighted by molar-refractivity contribution is -0.384. The SMILES string of the molecule is CCCS(=O)(=O)Nc1ccc([N+](=O)[O-])cc1C(=O)O. The molecular formula is C10H12N2O6S. The molecule has 0 spiro atoms. The number of hydrogen-bond acceptors (Lipinski definition) is 5. The summed E-state index contributed by atoms with van der Waals surface area (Å²) in [5.41, 5.74) is -1.07. The van der Waals surface area contributed by atoms with Gasteiger partial charge in [0.15, 0.2) is 0 Å². The third-order valence-corrected chi connectivity index (χ3v) is 3.66. The van der Waals surface area contributed by atoms with Crippen molar-refractivity contribution in [2.75, 3.05) is 10.5 Å². The molecule has 1 aromatic rings. The zero-order valence-corrected chi connectivity index (χ0v) is 10.8. The van der Waals surface area contributed by atoms with Crippen molar-refractivity contribution in [3.63, 3.8) is 0 Å². The highest BCUT2D eigenvalue weighted by atomic mass is 32.2. The van der Waals surface area contributed by atoms with Crippen LogP contribution in [0.2, 0.25) is 0 Å². The molecular weight excluding hydrogens is 276 g/mol. The topological polar surface area (TPSA) is 127 Å². The third kappa shape index (κ3) is 3.91. The van der Waals surface area contributed by atoms with Crippen LogP contribution in [0.15, 0.2) is 18.2 Å². The number of nitro benzene ring substituents is 1. The summed E-state index contributed by atoms with van der Waals surface area (Å²) in [7, 11) is -3.66. The minimum absolute atomic E-state index is 0.164. The molecule has 0 fully saturated rings. The molecule has 1 rings (SSSR count). The van der Waals surface area contributed by atoms with Crippen molar-refractivity contribution in [1.29, 1.82) is 0 Å². The van der Waals surface area contributed by atoms with Gasteiger partial charge in [-0.25, -0.2) is 13.2 Å². The molecule has 0 amide bonds. The van der Waals surface area contributed by atoms with Crippen molar-refractivity contribution in [2.45, 2.75) is 13.3 Å². The molecule has 0 bridgehead atoms. The van der Waals surface area contributed by atoms with Crippen LogP contribution < -0.4 is 4.72 Å². The second-order valence-electron chi connectivity index (χ2n) is 3.71. The average Bonchev–Trinajstić information content (AvgIpc) is 2.27. The molecule has 0 radical (unpaired) electrons. The van der Waals surface area contributed by atoms with Crippen LogP contribution in [0.4, 0.5) is 11.4 Å². The molecule has 0 aliphatic heterocycles. The van der Waals surface area contributed by atoms with E-state index in [0.29, 0.717) is 6.42 Å². The Hall–Kier alpha value is -2.16. The van der Waals surface area contributed by atoms with Crippen LogP contribution in [0, 0.1) is 10.1 Å². The largest absolute Gasteiger partial charge is 0.478 e. The predicted octanol–water partition coefficient (Wildman–Crippen LogP) is 1.44. The highest BCUT2D eigenvalue weighted by Crippen LogP contribution is 2.23. The smallest absolute Gasteiger partial charge is 0.338 e. The molecule has 0 aromatic heterocycles. The number of carbonyl (C=O) groups is 1. The van der Waals surface area contributed by atoms with Gasteiger partial charge in [-0.1, -0.05) is 6.92 Å². The van der Waals surface area contributed by atoms with Crippen LogP contribution in [-0.4, -0.2) is 30.2 Å². The van der Waals surface area contributed by atoms with E-state index < -0.39 is 32.2 Å². The van der Waals surface area contributed by atoms with Gasteiger partial charge in [-0.15, -0.1) is 0 Å². The van der Waals surface area contributed by atoms with Gasteiger partial charge in [-0.2, -0.15) is 0 Å². The number of nitro groups is 1. The monoisotopic (exact) mass is 288 g/mol. The fraction of sp³-hybridized carbons (Fsp3) is 0.300. The van der Waals surface area contributed by atoms with Gasteiger partial charge in [0.25, 0.3) is 5.69 Å². The van der Waals surface area contributed by atoms with Crippen molar-refractivity contribution in [2.24, 2.45) is 0 Å². The van der Waals surface area contributed by atoms with Gasteiger partial charge in [0.1, 0.15) is 0 Å². The summed E-state index contributed by atoms with van der Waals surface area (Å²) in [6.45, 7) is 1.66. The van der Waals surface area contributed by atoms with Gasteiger partial charge in [0, 0.05) is 12.1 Å². The molecule has 104 valence electrons. The van der Waals surface area contributed by atoms with Crippen molar-refractivity contribution in [3.8, 4) is 0 Å². The molecule has 0 saturated heterocycles. The maximum atomic E-state index is 11.6. The van der Waals surface area contributed by atoms with Gasteiger partial charge in [-0.05, 0) is 12.5 Å². The van der Waals surface area contributed by atoms with Gasteiger partial charge >= 0.3 is 5.97 Å². The van der Waals surface area contributed by atoms with Crippen LogP contribution in [-0.2, 0) is 10.0 Å². The van der Waals surface area contributed by atoms with E-state index in [4.69, 9.17) is 5.11 Å². The second-order valence-corrected chi connectivity index (χ2v) is 5.55. The number of non-ortho nitro benzene ring substituents is 1. The van der Waals surface area contributed by atoms with E-state index in [-0.39, 0.29) is 11.4 Å². The fourth-order valence-electron chi connectivity index (χ4n) is 1.40. The number of nitrogens with one attached hydrogen (secondary N) is 1. The Morgan fingerprint density at radius 3 is 2.58 bits per heavy atom. The predicted molar refractivity (Wildman–Crippen MR) is 67.8 cm³/mol. The van der Waals surface area contributed by atoms with Crippen LogP contribution in [0.3, 0.4) is 0 Å². The Balaban J connectivity index is 3.21. The molecule has 0 atom stereocenters. The van der Waals surface area contributed by atoms with E-state index in [1.54, 1.807) is 6.92 Å². The zero-order chi connectivity index (χ0) is 14.6. The molecule has 1 aromatic carbocycles. The molecule has 2 N–H and O–H groups in total. The normalized spacial score (nSPS) is 11.0. The summed E-state index contributed by atoms with van der Waals surface area (Å²) < 4.78 is 25.2. The zero-order valence-electron chi connectivity index (χ0n) is 9.99. The van der Waals surface area contributed by atoms with Crippen molar-refractivity contribution >= 4 is 27.4 Å². The maximum Gasteiger partial charge on any atom is 0.338 e. The Morgan fingerprint density at radius 1 is 1.47 bits per heavy atom. The van der Waals surface area contributed by atoms with Gasteiger partial charge in [0.05, 0.1) is 21.9 Å². The first-order valence-corrected chi connectivity index (χ1v) is 6.94. The van der Waals surface area contributed by atoms with Crippen LogP contribution in [0.1, 0.15) is 23.7 Å². The number of hydrogen-bond donors (Lipinski definition) is 2. The maximum absolute atomic E-state index is 11.6. The summed E-state index contributed by atoms with van der Waals surface area (Å²) in [6.07, 6.45) is 0.366. The Labute approximate surface area is 109 Å². The number of aromatic carboxylic acids is 1. The fourth-order valence-corrected chi connectivity index (χ4v) is 2.55. The lowest BCUT2D eigenvalue weighted by atomic mass is 10.1. The Kier molecular flexibility index (Phi) is 4.43. The van der Waals surface area contributed by atoms with Crippen LogP contribution >= 0.6 is 0 Å². The number of benzene rings is 1. The molecule has 0 heterocycles. The van der Waals surface area contributed by atoms with Crippen molar-refractivity contribution in [1.82, 2.24) is 0 Å². The van der Waals surface area contributed by atoms with Gasteiger partial charge in [0.2, 0.25) is 10.0 Å². The molecule has 9 heteroatoms. The molecule has 0 aliphatic rings. The minimum atomic E-state index is -3.66. The van der Waals surface area contributed by atoms with Crippen molar-refractivity contribution < 1.29 is 23.2 Å². The number of nitrogens with zero attached hydrogens (tertiary/aromatic N) is 1.